The van der Waals surface area contributed by atoms with Crippen molar-refractivity contribution in [1.82, 2.24) is 10.3 Å². The van der Waals surface area contributed by atoms with E-state index in [9.17, 15) is 9.90 Å². The summed E-state index contributed by atoms with van der Waals surface area (Å²) in [5.41, 5.74) is 11.6. The van der Waals surface area contributed by atoms with Crippen molar-refractivity contribution in [2.75, 3.05) is 6.54 Å². The van der Waals surface area contributed by atoms with E-state index in [1.807, 2.05) is 24.3 Å². The van der Waals surface area contributed by atoms with Gasteiger partial charge in [0.05, 0.1) is 16.3 Å². The Bertz CT molecular complexity index is 763. The average Bonchev–Trinajstić information content (AvgIpc) is 3.32. The SMILES string of the molecule is NC(N)=NCCC[C@H](NC(=O)C1CCCC1)[C@H](O)c1nc2ccccc2s1. The number of para-hydroxylation sites is 1. The van der Waals surface area contributed by atoms with Gasteiger partial charge in [-0.2, -0.15) is 0 Å². The number of amides is 1. The summed E-state index contributed by atoms with van der Waals surface area (Å²) < 4.78 is 1.02. The number of guanidine groups is 1. The van der Waals surface area contributed by atoms with Crippen LogP contribution in [-0.4, -0.2) is 34.5 Å². The van der Waals surface area contributed by atoms with Gasteiger partial charge in [-0.15, -0.1) is 11.3 Å². The number of aromatic nitrogens is 1. The highest BCUT2D eigenvalue weighted by Gasteiger charge is 2.29. The van der Waals surface area contributed by atoms with Gasteiger partial charge in [0.1, 0.15) is 11.1 Å². The maximum atomic E-state index is 12.6. The second-order valence-electron chi connectivity index (χ2n) is 7.01. The van der Waals surface area contributed by atoms with Crippen molar-refractivity contribution < 1.29 is 9.90 Å². The molecule has 1 heterocycles. The third kappa shape index (κ3) is 5.17. The number of aliphatic imine (C=N–C) groups is 1. The monoisotopic (exact) mass is 389 g/mol. The topological polar surface area (TPSA) is 127 Å². The Morgan fingerprint density at radius 1 is 1.33 bits per heavy atom. The maximum Gasteiger partial charge on any atom is 0.223 e. The summed E-state index contributed by atoms with van der Waals surface area (Å²) in [5, 5.41) is 14.6. The molecule has 0 radical (unpaired) electrons. The van der Waals surface area contributed by atoms with Gasteiger partial charge in [-0.05, 0) is 37.8 Å². The fourth-order valence-corrected chi connectivity index (χ4v) is 4.52. The summed E-state index contributed by atoms with van der Waals surface area (Å²) in [6.45, 7) is 0.463. The molecule has 0 spiro atoms. The summed E-state index contributed by atoms with van der Waals surface area (Å²) >= 11 is 1.46. The Hall–Kier alpha value is -2.19. The number of nitrogens with zero attached hydrogens (tertiary/aromatic N) is 2. The lowest BCUT2D eigenvalue weighted by Crippen LogP contribution is -2.42. The van der Waals surface area contributed by atoms with Crippen LogP contribution in [-0.2, 0) is 4.79 Å². The number of rotatable bonds is 8. The highest BCUT2D eigenvalue weighted by Crippen LogP contribution is 2.30. The van der Waals surface area contributed by atoms with E-state index in [0.29, 0.717) is 24.4 Å². The Labute approximate surface area is 162 Å². The van der Waals surface area contributed by atoms with Crippen LogP contribution < -0.4 is 16.8 Å². The standard InChI is InChI=1S/C19H27N5O2S/c20-19(21)22-11-5-9-14(23-17(26)12-6-1-2-7-12)16(25)18-24-13-8-3-4-10-15(13)27-18/h3-4,8,10,12,14,16,25H,1-2,5-7,9,11H2,(H,23,26)(H4,20,21,22)/t14-,16-/m0/s1. The first kappa shape index (κ1) is 19.6. The number of carbonyl (C=O) groups excluding carboxylic acids is 1. The molecule has 7 nitrogen and oxygen atoms in total. The lowest BCUT2D eigenvalue weighted by molar-refractivity contribution is -0.126. The zero-order valence-electron chi connectivity index (χ0n) is 15.3. The number of hydrogen-bond acceptors (Lipinski definition) is 5. The fourth-order valence-electron chi connectivity index (χ4n) is 3.51. The molecule has 6 N–H and O–H groups in total. The zero-order chi connectivity index (χ0) is 19.2. The fraction of sp³-hybridized carbons (Fsp3) is 0.526. The van der Waals surface area contributed by atoms with E-state index >= 15 is 0 Å². The summed E-state index contributed by atoms with van der Waals surface area (Å²) in [5.74, 6) is 0.125. The zero-order valence-corrected chi connectivity index (χ0v) is 16.1. The maximum absolute atomic E-state index is 12.6. The minimum atomic E-state index is -0.855. The first-order valence-electron chi connectivity index (χ1n) is 9.44. The lowest BCUT2D eigenvalue weighted by atomic mass is 10.0. The number of benzene rings is 1. The molecule has 27 heavy (non-hydrogen) atoms. The highest BCUT2D eigenvalue weighted by atomic mass is 32.1. The Morgan fingerprint density at radius 3 is 2.78 bits per heavy atom. The van der Waals surface area contributed by atoms with Crippen LogP contribution in [0.3, 0.4) is 0 Å². The number of carbonyl (C=O) groups is 1. The summed E-state index contributed by atoms with van der Waals surface area (Å²) in [6, 6.07) is 7.37. The predicted octanol–water partition coefficient (Wildman–Crippen LogP) is 2.06. The lowest BCUT2D eigenvalue weighted by Gasteiger charge is -2.24. The second kappa shape index (κ2) is 9.14. The van der Waals surface area contributed by atoms with Crippen molar-refractivity contribution in [3.05, 3.63) is 29.3 Å². The van der Waals surface area contributed by atoms with E-state index in [1.165, 1.54) is 11.3 Å². The van der Waals surface area contributed by atoms with Gasteiger partial charge in [0.15, 0.2) is 5.96 Å². The first-order chi connectivity index (χ1) is 13.0. The number of thiazole rings is 1. The van der Waals surface area contributed by atoms with Crippen LogP contribution in [0.5, 0.6) is 0 Å². The molecule has 1 aromatic heterocycles. The van der Waals surface area contributed by atoms with E-state index in [1.54, 1.807) is 0 Å². The van der Waals surface area contributed by atoms with Crippen molar-refractivity contribution in [3.8, 4) is 0 Å². The molecule has 1 saturated carbocycles. The normalized spacial score (nSPS) is 16.9. The van der Waals surface area contributed by atoms with Gasteiger partial charge in [0.25, 0.3) is 0 Å². The Kier molecular flexibility index (Phi) is 6.63. The number of nitrogens with two attached hydrogens (primary N) is 2. The molecule has 0 unspecified atom stereocenters. The van der Waals surface area contributed by atoms with Crippen LogP contribution in [0.15, 0.2) is 29.3 Å². The molecule has 1 aromatic carbocycles. The first-order valence-corrected chi connectivity index (χ1v) is 10.3. The minimum Gasteiger partial charge on any atom is -0.384 e. The molecule has 0 saturated heterocycles. The Morgan fingerprint density at radius 2 is 2.07 bits per heavy atom. The summed E-state index contributed by atoms with van der Waals surface area (Å²) in [4.78, 5) is 21.1. The minimum absolute atomic E-state index is 0.0273. The predicted molar refractivity (Wildman–Crippen MR) is 108 cm³/mol. The molecule has 2 atom stereocenters. The van der Waals surface area contributed by atoms with E-state index in [-0.39, 0.29) is 17.8 Å². The Balaban J connectivity index is 1.71. The molecular weight excluding hydrogens is 362 g/mol. The second-order valence-corrected chi connectivity index (χ2v) is 8.07. The third-order valence-corrected chi connectivity index (χ3v) is 6.07. The van der Waals surface area contributed by atoms with Crippen LogP contribution >= 0.6 is 11.3 Å². The molecule has 1 aliphatic rings. The average molecular weight is 390 g/mol. The molecular formula is C19H27N5O2S. The van der Waals surface area contributed by atoms with Crippen LogP contribution in [0, 0.1) is 5.92 Å². The number of hydrogen-bond donors (Lipinski definition) is 4. The smallest absolute Gasteiger partial charge is 0.223 e. The van der Waals surface area contributed by atoms with Crippen LogP contribution in [0.4, 0.5) is 0 Å². The molecule has 8 heteroatoms. The summed E-state index contributed by atoms with van der Waals surface area (Å²) in [7, 11) is 0. The van der Waals surface area contributed by atoms with Crippen LogP contribution in [0.25, 0.3) is 10.2 Å². The van der Waals surface area contributed by atoms with E-state index in [0.717, 1.165) is 35.9 Å². The van der Waals surface area contributed by atoms with Gasteiger partial charge in [0, 0.05) is 12.5 Å². The summed E-state index contributed by atoms with van der Waals surface area (Å²) in [6.07, 6.45) is 4.41. The quantitative estimate of drug-likeness (QED) is 0.312. The van der Waals surface area contributed by atoms with Gasteiger partial charge in [0.2, 0.25) is 5.91 Å². The number of fused-ring (bicyclic) bond motifs is 1. The van der Waals surface area contributed by atoms with Gasteiger partial charge in [-0.1, -0.05) is 25.0 Å². The van der Waals surface area contributed by atoms with E-state index < -0.39 is 12.1 Å². The third-order valence-electron chi connectivity index (χ3n) is 4.97. The van der Waals surface area contributed by atoms with Gasteiger partial charge >= 0.3 is 0 Å². The van der Waals surface area contributed by atoms with E-state index in [2.05, 4.69) is 15.3 Å². The van der Waals surface area contributed by atoms with Crippen molar-refractivity contribution >= 4 is 33.4 Å². The molecule has 3 rings (SSSR count). The molecule has 0 bridgehead atoms. The van der Waals surface area contributed by atoms with Crippen LogP contribution in [0.1, 0.15) is 49.6 Å². The van der Waals surface area contributed by atoms with Crippen molar-refractivity contribution in [2.45, 2.75) is 50.7 Å². The number of aliphatic hydroxyl groups is 1. The molecule has 0 aliphatic heterocycles. The van der Waals surface area contributed by atoms with Crippen molar-refractivity contribution in [1.29, 1.82) is 0 Å². The van der Waals surface area contributed by atoms with Gasteiger partial charge < -0.3 is 21.9 Å². The van der Waals surface area contributed by atoms with Gasteiger partial charge in [-0.3, -0.25) is 9.79 Å². The highest BCUT2D eigenvalue weighted by molar-refractivity contribution is 7.18. The van der Waals surface area contributed by atoms with Crippen molar-refractivity contribution in [2.24, 2.45) is 22.4 Å². The molecule has 2 aromatic rings. The van der Waals surface area contributed by atoms with Crippen LogP contribution in [0.2, 0.25) is 0 Å². The number of nitrogens with one attached hydrogen (secondary N) is 1. The van der Waals surface area contributed by atoms with Crippen molar-refractivity contribution in [3.63, 3.8) is 0 Å². The molecule has 1 fully saturated rings. The largest absolute Gasteiger partial charge is 0.384 e. The van der Waals surface area contributed by atoms with Gasteiger partial charge in [-0.25, -0.2) is 4.98 Å². The number of aliphatic hydroxyl groups excluding tert-OH is 1. The molecule has 1 amide bonds. The van der Waals surface area contributed by atoms with E-state index in [4.69, 9.17) is 11.5 Å². The molecule has 146 valence electrons. The molecule has 1 aliphatic carbocycles.